The molecule has 2 aromatic rings. The van der Waals surface area contributed by atoms with Crippen molar-refractivity contribution in [3.63, 3.8) is 0 Å². The van der Waals surface area contributed by atoms with E-state index in [9.17, 15) is 4.79 Å². The van der Waals surface area contributed by atoms with Gasteiger partial charge in [-0.25, -0.2) is 4.99 Å². The van der Waals surface area contributed by atoms with Crippen LogP contribution in [0, 0.1) is 0 Å². The number of methoxy groups -OCH3 is 1. The molecule has 0 saturated carbocycles. The van der Waals surface area contributed by atoms with Gasteiger partial charge in [-0.1, -0.05) is 12.1 Å². The van der Waals surface area contributed by atoms with Crippen molar-refractivity contribution in [1.82, 2.24) is 4.90 Å². The van der Waals surface area contributed by atoms with E-state index in [0.717, 1.165) is 48.5 Å². The second kappa shape index (κ2) is 9.07. The molecule has 1 fully saturated rings. The molecule has 0 aromatic heterocycles. The van der Waals surface area contributed by atoms with Crippen LogP contribution in [-0.2, 0) is 6.54 Å². The number of ether oxygens (including phenoxy) is 1. The van der Waals surface area contributed by atoms with Gasteiger partial charge in [-0.3, -0.25) is 4.79 Å². The van der Waals surface area contributed by atoms with E-state index in [1.54, 1.807) is 7.11 Å². The number of nitrogens with one attached hydrogen (secondary N) is 1. The van der Waals surface area contributed by atoms with Gasteiger partial charge in [0.25, 0.3) is 5.91 Å². The predicted octanol–water partition coefficient (Wildman–Crippen LogP) is 3.25. The zero-order chi connectivity index (χ0) is 19.1. The summed E-state index contributed by atoms with van der Waals surface area (Å²) < 4.78 is 5.13. The average Bonchev–Trinajstić information content (AvgIpc) is 2.73. The number of nitrogens with zero attached hydrogens (tertiary/aromatic N) is 2. The van der Waals surface area contributed by atoms with E-state index in [1.165, 1.54) is 6.42 Å². The van der Waals surface area contributed by atoms with Crippen LogP contribution in [0.5, 0.6) is 5.75 Å². The first-order chi connectivity index (χ1) is 13.2. The van der Waals surface area contributed by atoms with Crippen molar-refractivity contribution in [2.24, 2.45) is 10.7 Å². The second-order valence-electron chi connectivity index (χ2n) is 6.60. The van der Waals surface area contributed by atoms with Crippen LogP contribution in [0.4, 0.5) is 5.69 Å². The highest BCUT2D eigenvalue weighted by molar-refractivity contribution is 5.94. The fourth-order valence-electron chi connectivity index (χ4n) is 3.07. The van der Waals surface area contributed by atoms with E-state index >= 15 is 0 Å². The Morgan fingerprint density at radius 2 is 1.74 bits per heavy atom. The Labute approximate surface area is 160 Å². The molecular weight excluding hydrogens is 340 g/mol. The average molecular weight is 366 g/mol. The van der Waals surface area contributed by atoms with Gasteiger partial charge in [-0.15, -0.1) is 0 Å². The largest absolute Gasteiger partial charge is 0.497 e. The topological polar surface area (TPSA) is 80.0 Å². The third-order valence-corrected chi connectivity index (χ3v) is 4.64. The van der Waals surface area contributed by atoms with Crippen LogP contribution in [0.1, 0.15) is 35.2 Å². The molecule has 1 amide bonds. The van der Waals surface area contributed by atoms with Crippen molar-refractivity contribution in [3.05, 3.63) is 59.7 Å². The maximum Gasteiger partial charge on any atom is 0.253 e. The number of hydrogen-bond acceptors (Lipinski definition) is 3. The third kappa shape index (κ3) is 5.23. The van der Waals surface area contributed by atoms with Crippen molar-refractivity contribution in [2.75, 3.05) is 25.5 Å². The van der Waals surface area contributed by atoms with Crippen LogP contribution < -0.4 is 15.8 Å². The highest BCUT2D eigenvalue weighted by Crippen LogP contribution is 2.16. The molecule has 1 aliphatic rings. The Morgan fingerprint density at radius 3 is 2.37 bits per heavy atom. The highest BCUT2D eigenvalue weighted by Gasteiger charge is 2.17. The summed E-state index contributed by atoms with van der Waals surface area (Å²) in [6.07, 6.45) is 3.41. The van der Waals surface area contributed by atoms with Crippen molar-refractivity contribution < 1.29 is 9.53 Å². The minimum atomic E-state index is 0.116. The van der Waals surface area contributed by atoms with Crippen molar-refractivity contribution in [2.45, 2.75) is 25.8 Å². The lowest BCUT2D eigenvalue weighted by Crippen LogP contribution is -2.35. The van der Waals surface area contributed by atoms with Crippen molar-refractivity contribution in [1.29, 1.82) is 0 Å². The number of benzene rings is 2. The molecule has 3 N–H and O–H groups in total. The van der Waals surface area contributed by atoms with Gasteiger partial charge in [-0.2, -0.15) is 0 Å². The first kappa shape index (κ1) is 18.8. The molecule has 1 heterocycles. The van der Waals surface area contributed by atoms with Gasteiger partial charge in [0.15, 0.2) is 5.96 Å². The van der Waals surface area contributed by atoms with Crippen LogP contribution in [-0.4, -0.2) is 37.0 Å². The van der Waals surface area contributed by atoms with Gasteiger partial charge in [0, 0.05) is 24.3 Å². The normalized spacial score (nSPS) is 14.7. The summed E-state index contributed by atoms with van der Waals surface area (Å²) in [5, 5.41) is 3.05. The number of aliphatic imine (C=N–C) groups is 1. The number of piperidine rings is 1. The molecule has 0 bridgehead atoms. The maximum absolute atomic E-state index is 12.5. The third-order valence-electron chi connectivity index (χ3n) is 4.64. The number of amides is 1. The summed E-state index contributed by atoms with van der Waals surface area (Å²) in [7, 11) is 1.63. The smallest absolute Gasteiger partial charge is 0.253 e. The molecule has 0 spiro atoms. The first-order valence-corrected chi connectivity index (χ1v) is 9.25. The Hall–Kier alpha value is -3.02. The van der Waals surface area contributed by atoms with E-state index in [-0.39, 0.29) is 5.91 Å². The molecule has 1 aliphatic heterocycles. The molecule has 1 saturated heterocycles. The number of hydrogen-bond donors (Lipinski definition) is 2. The fraction of sp³-hybridized carbons (Fsp3) is 0.333. The lowest BCUT2D eigenvalue weighted by atomic mass is 10.1. The van der Waals surface area contributed by atoms with E-state index in [1.807, 2.05) is 53.4 Å². The Balaban J connectivity index is 1.55. The highest BCUT2D eigenvalue weighted by atomic mass is 16.5. The maximum atomic E-state index is 12.5. The molecule has 6 nitrogen and oxygen atoms in total. The van der Waals surface area contributed by atoms with Gasteiger partial charge in [0.1, 0.15) is 5.75 Å². The van der Waals surface area contributed by atoms with E-state index < -0.39 is 0 Å². The van der Waals surface area contributed by atoms with Crippen LogP contribution >= 0.6 is 0 Å². The summed E-state index contributed by atoms with van der Waals surface area (Å²) in [6.45, 7) is 2.17. The number of rotatable bonds is 5. The minimum absolute atomic E-state index is 0.116. The number of carbonyl (C=O) groups excluding carboxylic acids is 1. The molecule has 0 unspecified atom stereocenters. The molecule has 142 valence electrons. The second-order valence-corrected chi connectivity index (χ2v) is 6.60. The predicted molar refractivity (Wildman–Crippen MR) is 108 cm³/mol. The van der Waals surface area contributed by atoms with Crippen molar-refractivity contribution >= 4 is 17.6 Å². The monoisotopic (exact) mass is 366 g/mol. The lowest BCUT2D eigenvalue weighted by Gasteiger charge is -2.26. The van der Waals surface area contributed by atoms with Gasteiger partial charge in [-0.05, 0) is 61.2 Å². The quantitative estimate of drug-likeness (QED) is 0.629. The lowest BCUT2D eigenvalue weighted by molar-refractivity contribution is 0.0724. The van der Waals surface area contributed by atoms with Crippen LogP contribution in [0.15, 0.2) is 53.5 Å². The molecule has 2 aromatic carbocycles. The fourth-order valence-corrected chi connectivity index (χ4v) is 3.07. The molecule has 6 heteroatoms. The van der Waals surface area contributed by atoms with E-state index in [0.29, 0.717) is 12.5 Å². The zero-order valence-electron chi connectivity index (χ0n) is 15.6. The van der Waals surface area contributed by atoms with Gasteiger partial charge in [0.2, 0.25) is 0 Å². The van der Waals surface area contributed by atoms with Gasteiger partial charge >= 0.3 is 0 Å². The van der Waals surface area contributed by atoms with Gasteiger partial charge in [0.05, 0.1) is 13.7 Å². The summed E-state index contributed by atoms with van der Waals surface area (Å²) in [6, 6.07) is 15.1. The number of likely N-dealkylation sites (tertiary alicyclic amines) is 1. The number of guanidine groups is 1. The summed E-state index contributed by atoms with van der Waals surface area (Å²) in [5.41, 5.74) is 8.53. The molecule has 0 aliphatic carbocycles. The number of nitrogens with two attached hydrogens (primary N) is 1. The van der Waals surface area contributed by atoms with E-state index in [2.05, 4.69) is 10.3 Å². The Kier molecular flexibility index (Phi) is 6.30. The summed E-state index contributed by atoms with van der Waals surface area (Å²) in [5.74, 6) is 1.24. The minimum Gasteiger partial charge on any atom is -0.497 e. The molecule has 27 heavy (non-hydrogen) atoms. The van der Waals surface area contributed by atoms with Gasteiger partial charge < -0.3 is 20.7 Å². The molecule has 0 atom stereocenters. The Morgan fingerprint density at radius 1 is 1.07 bits per heavy atom. The molecular formula is C21H26N4O2. The first-order valence-electron chi connectivity index (χ1n) is 9.25. The zero-order valence-corrected chi connectivity index (χ0v) is 15.6. The van der Waals surface area contributed by atoms with E-state index in [4.69, 9.17) is 10.5 Å². The van der Waals surface area contributed by atoms with Crippen LogP contribution in [0.25, 0.3) is 0 Å². The SMILES string of the molecule is COc1ccc(NC(N)=NCc2ccc(C(=O)N3CCCCC3)cc2)cc1. The summed E-state index contributed by atoms with van der Waals surface area (Å²) in [4.78, 5) is 18.8. The Bertz CT molecular complexity index is 779. The standard InChI is InChI=1S/C21H26N4O2/c1-27-19-11-9-18(10-12-19)24-21(22)23-15-16-5-7-17(8-6-16)20(26)25-13-3-2-4-14-25/h5-12H,2-4,13-15H2,1H3,(H3,22,23,24). The van der Waals surface area contributed by atoms with Crippen molar-refractivity contribution in [3.8, 4) is 5.75 Å². The number of carbonyl (C=O) groups is 1. The van der Waals surface area contributed by atoms with Crippen LogP contribution in [0.3, 0.4) is 0 Å². The molecule has 0 radical (unpaired) electrons. The summed E-state index contributed by atoms with van der Waals surface area (Å²) >= 11 is 0. The molecule has 3 rings (SSSR count). The number of anilines is 1. The van der Waals surface area contributed by atoms with Crippen LogP contribution in [0.2, 0.25) is 0 Å².